The van der Waals surface area contributed by atoms with Crippen LogP contribution >= 0.6 is 0 Å². The van der Waals surface area contributed by atoms with Gasteiger partial charge in [-0.1, -0.05) is 0 Å². The summed E-state index contributed by atoms with van der Waals surface area (Å²) in [6.45, 7) is 3.73. The highest BCUT2D eigenvalue weighted by atomic mass is 16.6. The van der Waals surface area contributed by atoms with Crippen LogP contribution in [0, 0.1) is 10.1 Å². The van der Waals surface area contributed by atoms with Gasteiger partial charge in [0.05, 0.1) is 24.2 Å². The van der Waals surface area contributed by atoms with E-state index in [-0.39, 0.29) is 18.0 Å². The van der Waals surface area contributed by atoms with E-state index in [2.05, 4.69) is 0 Å². The summed E-state index contributed by atoms with van der Waals surface area (Å²) in [6, 6.07) is 4.63. The Labute approximate surface area is 106 Å². The van der Waals surface area contributed by atoms with Gasteiger partial charge >= 0.3 is 5.69 Å². The highest BCUT2D eigenvalue weighted by molar-refractivity contribution is 5.60. The molecular weight excluding hydrogens is 236 g/mol. The van der Waals surface area contributed by atoms with Crippen LogP contribution in [0.15, 0.2) is 18.2 Å². The fraction of sp³-hybridized carbons (Fsp3) is 0.500. The molecule has 0 spiro atoms. The van der Waals surface area contributed by atoms with Crippen LogP contribution < -0.4 is 9.64 Å². The van der Waals surface area contributed by atoms with Gasteiger partial charge in [0.2, 0.25) is 0 Å². The molecule has 1 N–H and O–H groups in total. The van der Waals surface area contributed by atoms with Gasteiger partial charge in [-0.05, 0) is 19.9 Å². The fourth-order valence-corrected chi connectivity index (χ4v) is 1.48. The molecule has 0 unspecified atom stereocenters. The number of benzene rings is 1. The van der Waals surface area contributed by atoms with Crippen LogP contribution in [0.1, 0.15) is 13.8 Å². The molecule has 0 atom stereocenters. The summed E-state index contributed by atoms with van der Waals surface area (Å²) in [6.07, 6.45) is 0. The molecule has 0 aliphatic carbocycles. The lowest BCUT2D eigenvalue weighted by Crippen LogP contribution is -2.44. The lowest BCUT2D eigenvalue weighted by Gasteiger charge is -2.35. The van der Waals surface area contributed by atoms with E-state index in [0.717, 1.165) is 5.69 Å². The third kappa shape index (κ3) is 2.70. The number of likely N-dealkylation sites (N-methyl/N-ethyl adjacent to an activating group) is 1. The predicted octanol–water partition coefficient (Wildman–Crippen LogP) is 1.81. The van der Waals surface area contributed by atoms with Crippen molar-refractivity contribution in [1.29, 1.82) is 0 Å². The number of ether oxygens (including phenoxy) is 1. The third-order valence-corrected chi connectivity index (χ3v) is 3.04. The smallest absolute Gasteiger partial charge is 0.311 e. The number of rotatable bonds is 5. The van der Waals surface area contributed by atoms with Crippen molar-refractivity contribution >= 4 is 11.4 Å². The van der Waals surface area contributed by atoms with Crippen LogP contribution in [0.4, 0.5) is 11.4 Å². The summed E-state index contributed by atoms with van der Waals surface area (Å²) >= 11 is 0. The highest BCUT2D eigenvalue weighted by Gasteiger charge is 2.24. The molecule has 18 heavy (non-hydrogen) atoms. The maximum Gasteiger partial charge on any atom is 0.311 e. The van der Waals surface area contributed by atoms with E-state index >= 15 is 0 Å². The lowest BCUT2D eigenvalue weighted by atomic mass is 10.0. The summed E-state index contributed by atoms with van der Waals surface area (Å²) in [5, 5.41) is 20.1. The average Bonchev–Trinajstić information content (AvgIpc) is 2.36. The lowest BCUT2D eigenvalue weighted by molar-refractivity contribution is -0.385. The maximum absolute atomic E-state index is 10.8. The molecule has 6 nitrogen and oxygen atoms in total. The number of aliphatic hydroxyl groups is 1. The standard InChI is InChI=1S/C12H18N2O4/c1-12(2,8-15)13(3)9-5-6-10(14(16)17)11(7-9)18-4/h5-7,15H,8H2,1-4H3. The SMILES string of the molecule is COc1cc(N(C)C(C)(C)CO)ccc1[N+](=O)[O-]. The first kappa shape index (κ1) is 14.2. The second kappa shape index (κ2) is 5.22. The minimum absolute atomic E-state index is 0.0250. The molecule has 1 aromatic rings. The van der Waals surface area contributed by atoms with Crippen molar-refractivity contribution in [2.45, 2.75) is 19.4 Å². The summed E-state index contributed by atoms with van der Waals surface area (Å²) in [4.78, 5) is 12.1. The van der Waals surface area contributed by atoms with Crippen molar-refractivity contribution in [1.82, 2.24) is 0 Å². The molecular formula is C12H18N2O4. The zero-order chi connectivity index (χ0) is 13.9. The van der Waals surface area contributed by atoms with E-state index in [1.807, 2.05) is 25.8 Å². The van der Waals surface area contributed by atoms with Crippen LogP contribution in [-0.2, 0) is 0 Å². The van der Waals surface area contributed by atoms with Crippen LogP contribution in [0.2, 0.25) is 0 Å². The van der Waals surface area contributed by atoms with Crippen LogP contribution in [0.25, 0.3) is 0 Å². The van der Waals surface area contributed by atoms with E-state index in [1.54, 1.807) is 12.1 Å². The van der Waals surface area contributed by atoms with Crippen molar-refractivity contribution in [3.63, 3.8) is 0 Å². The molecule has 0 aliphatic rings. The van der Waals surface area contributed by atoms with Crippen molar-refractivity contribution in [2.75, 3.05) is 25.7 Å². The van der Waals surface area contributed by atoms with Gasteiger partial charge in [-0.3, -0.25) is 10.1 Å². The first-order valence-corrected chi connectivity index (χ1v) is 5.50. The van der Waals surface area contributed by atoms with Gasteiger partial charge in [-0.25, -0.2) is 0 Å². The molecule has 0 radical (unpaired) electrons. The molecule has 0 saturated carbocycles. The average molecular weight is 254 g/mol. The first-order chi connectivity index (χ1) is 8.33. The Kier molecular flexibility index (Phi) is 4.13. The molecule has 0 saturated heterocycles. The molecule has 0 aliphatic heterocycles. The Hall–Kier alpha value is -1.82. The van der Waals surface area contributed by atoms with Gasteiger partial charge in [0.1, 0.15) is 0 Å². The van der Waals surface area contributed by atoms with Gasteiger partial charge in [0, 0.05) is 24.9 Å². The quantitative estimate of drug-likeness (QED) is 0.640. The zero-order valence-electron chi connectivity index (χ0n) is 11.0. The normalized spacial score (nSPS) is 11.2. The minimum atomic E-state index is -0.486. The molecule has 1 rings (SSSR count). The zero-order valence-corrected chi connectivity index (χ0v) is 11.0. The van der Waals surface area contributed by atoms with E-state index in [0.29, 0.717) is 0 Å². The number of hydrogen-bond donors (Lipinski definition) is 1. The number of nitrogens with zero attached hydrogens (tertiary/aromatic N) is 2. The fourth-order valence-electron chi connectivity index (χ4n) is 1.48. The first-order valence-electron chi connectivity index (χ1n) is 5.50. The summed E-state index contributed by atoms with van der Waals surface area (Å²) in [5.41, 5.74) is 0.217. The topological polar surface area (TPSA) is 75.8 Å². The van der Waals surface area contributed by atoms with Gasteiger partial charge in [0.25, 0.3) is 0 Å². The number of nitro groups is 1. The van der Waals surface area contributed by atoms with Crippen LogP contribution in [0.5, 0.6) is 5.75 Å². The van der Waals surface area contributed by atoms with Gasteiger partial charge in [0.15, 0.2) is 5.75 Å². The van der Waals surface area contributed by atoms with Crippen LogP contribution in [0.3, 0.4) is 0 Å². The molecule has 6 heteroatoms. The van der Waals surface area contributed by atoms with Gasteiger partial charge in [-0.15, -0.1) is 0 Å². The molecule has 0 heterocycles. The van der Waals surface area contributed by atoms with E-state index < -0.39 is 10.5 Å². The Morgan fingerprint density at radius 2 is 2.11 bits per heavy atom. The Morgan fingerprint density at radius 3 is 2.56 bits per heavy atom. The second-order valence-corrected chi connectivity index (χ2v) is 4.64. The van der Waals surface area contributed by atoms with Crippen molar-refractivity contribution < 1.29 is 14.8 Å². The summed E-state index contributed by atoms with van der Waals surface area (Å²) in [5.74, 6) is 0.207. The van der Waals surface area contributed by atoms with Crippen molar-refractivity contribution in [2.24, 2.45) is 0 Å². The largest absolute Gasteiger partial charge is 0.490 e. The Balaban J connectivity index is 3.17. The molecule has 0 amide bonds. The maximum atomic E-state index is 10.8. The second-order valence-electron chi connectivity index (χ2n) is 4.64. The van der Waals surface area contributed by atoms with Crippen molar-refractivity contribution in [3.05, 3.63) is 28.3 Å². The Bertz CT molecular complexity index is 446. The van der Waals surface area contributed by atoms with E-state index in [9.17, 15) is 15.2 Å². The number of hydrogen-bond acceptors (Lipinski definition) is 5. The number of nitro benzene ring substituents is 1. The molecule has 0 aromatic heterocycles. The van der Waals surface area contributed by atoms with Gasteiger partial charge < -0.3 is 14.7 Å². The Morgan fingerprint density at radius 1 is 1.50 bits per heavy atom. The molecule has 1 aromatic carbocycles. The van der Waals surface area contributed by atoms with Crippen LogP contribution in [-0.4, -0.2) is 36.3 Å². The number of anilines is 1. The molecule has 100 valence electrons. The van der Waals surface area contributed by atoms with Crippen molar-refractivity contribution in [3.8, 4) is 5.75 Å². The molecule has 0 fully saturated rings. The number of methoxy groups -OCH3 is 1. The van der Waals surface area contributed by atoms with Gasteiger partial charge in [-0.2, -0.15) is 0 Å². The monoisotopic (exact) mass is 254 g/mol. The summed E-state index contributed by atoms with van der Waals surface area (Å²) in [7, 11) is 3.21. The third-order valence-electron chi connectivity index (χ3n) is 3.04. The van der Waals surface area contributed by atoms with E-state index in [1.165, 1.54) is 13.2 Å². The number of aliphatic hydroxyl groups excluding tert-OH is 1. The highest BCUT2D eigenvalue weighted by Crippen LogP contribution is 2.33. The van der Waals surface area contributed by atoms with E-state index in [4.69, 9.17) is 4.74 Å². The predicted molar refractivity (Wildman–Crippen MR) is 69.2 cm³/mol. The summed E-state index contributed by atoms with van der Waals surface area (Å²) < 4.78 is 5.01. The minimum Gasteiger partial charge on any atom is -0.490 e. The molecule has 0 bridgehead atoms.